The van der Waals surface area contributed by atoms with Crippen molar-refractivity contribution in [3.8, 4) is 10.8 Å². The number of H-pyrrole nitrogens is 1. The van der Waals surface area contributed by atoms with Crippen molar-refractivity contribution in [2.45, 2.75) is 13.5 Å². The van der Waals surface area contributed by atoms with Crippen molar-refractivity contribution < 1.29 is 4.42 Å². The van der Waals surface area contributed by atoms with Gasteiger partial charge in [0, 0.05) is 6.54 Å². The van der Waals surface area contributed by atoms with Crippen molar-refractivity contribution in [1.82, 2.24) is 20.1 Å². The third kappa shape index (κ3) is 2.37. The van der Waals surface area contributed by atoms with Crippen molar-refractivity contribution in [3.05, 3.63) is 15.5 Å². The molecule has 0 atom stereocenters. The standard InChI is InChI=1S/C9H12N4OS2/c1-5-7(8-11-12-9(15)14-8)16-6(10-5)4-13(2)3/h4H2,1-3H3,(H,12,15). The van der Waals surface area contributed by atoms with Gasteiger partial charge in [-0.05, 0) is 33.2 Å². The zero-order valence-electron chi connectivity index (χ0n) is 9.27. The summed E-state index contributed by atoms with van der Waals surface area (Å²) in [5.74, 6) is 0.519. The molecule has 0 fully saturated rings. The Bertz CT molecular complexity index is 540. The van der Waals surface area contributed by atoms with E-state index in [1.54, 1.807) is 11.3 Å². The molecule has 0 aliphatic carbocycles. The average Bonchev–Trinajstić information content (AvgIpc) is 2.72. The van der Waals surface area contributed by atoms with Crippen molar-refractivity contribution in [1.29, 1.82) is 0 Å². The zero-order chi connectivity index (χ0) is 11.7. The Morgan fingerprint density at radius 3 is 2.81 bits per heavy atom. The van der Waals surface area contributed by atoms with Gasteiger partial charge in [0.2, 0.25) is 0 Å². The largest absolute Gasteiger partial charge is 0.408 e. The molecule has 2 heterocycles. The number of aromatic amines is 1. The normalized spacial score (nSPS) is 11.2. The summed E-state index contributed by atoms with van der Waals surface area (Å²) in [6.07, 6.45) is 0. The first kappa shape index (κ1) is 11.4. The molecule has 0 saturated carbocycles. The van der Waals surface area contributed by atoms with Gasteiger partial charge in [-0.3, -0.25) is 0 Å². The number of hydrogen-bond acceptors (Lipinski definition) is 6. The highest BCUT2D eigenvalue weighted by Gasteiger charge is 2.14. The Hall–Kier alpha value is -1.05. The molecule has 0 saturated heterocycles. The first-order valence-corrected chi connectivity index (χ1v) is 5.95. The summed E-state index contributed by atoms with van der Waals surface area (Å²) < 4.78 is 5.27. The molecule has 5 nitrogen and oxygen atoms in total. The van der Waals surface area contributed by atoms with Gasteiger partial charge in [0.1, 0.15) is 9.88 Å². The lowest BCUT2D eigenvalue weighted by Gasteiger charge is -2.04. The van der Waals surface area contributed by atoms with Crippen LogP contribution in [-0.2, 0) is 6.54 Å². The van der Waals surface area contributed by atoms with Crippen molar-refractivity contribution in [3.63, 3.8) is 0 Å². The van der Waals surface area contributed by atoms with Crippen LogP contribution in [0.15, 0.2) is 4.42 Å². The molecule has 0 unspecified atom stereocenters. The fourth-order valence-corrected chi connectivity index (χ4v) is 2.55. The van der Waals surface area contributed by atoms with E-state index in [1.807, 2.05) is 21.0 Å². The summed E-state index contributed by atoms with van der Waals surface area (Å²) in [5, 5.41) is 7.65. The quantitative estimate of drug-likeness (QED) is 0.853. The van der Waals surface area contributed by atoms with Crippen LogP contribution in [0.3, 0.4) is 0 Å². The van der Waals surface area contributed by atoms with Crippen LogP contribution in [0.2, 0.25) is 0 Å². The second-order valence-corrected chi connectivity index (χ2v) is 5.13. The molecular weight excluding hydrogens is 244 g/mol. The molecule has 1 N–H and O–H groups in total. The van der Waals surface area contributed by atoms with E-state index in [4.69, 9.17) is 16.6 Å². The maximum absolute atomic E-state index is 5.27. The minimum atomic E-state index is 0.289. The molecule has 0 spiro atoms. The first-order valence-electron chi connectivity index (χ1n) is 4.73. The van der Waals surface area contributed by atoms with Gasteiger partial charge in [0.25, 0.3) is 10.7 Å². The Morgan fingerprint density at radius 1 is 1.50 bits per heavy atom. The molecule has 0 aliphatic heterocycles. The Labute approximate surface area is 102 Å². The van der Waals surface area contributed by atoms with E-state index in [-0.39, 0.29) is 4.84 Å². The molecule has 0 bridgehead atoms. The summed E-state index contributed by atoms with van der Waals surface area (Å²) in [6, 6.07) is 0. The van der Waals surface area contributed by atoms with E-state index in [0.29, 0.717) is 5.89 Å². The smallest absolute Gasteiger partial charge is 0.284 e. The van der Waals surface area contributed by atoms with E-state index in [1.165, 1.54) is 0 Å². The van der Waals surface area contributed by atoms with E-state index in [2.05, 4.69) is 20.1 Å². The number of hydrogen-bond donors (Lipinski definition) is 1. The van der Waals surface area contributed by atoms with Gasteiger partial charge in [0.15, 0.2) is 0 Å². The van der Waals surface area contributed by atoms with Crippen LogP contribution < -0.4 is 0 Å². The summed E-state index contributed by atoms with van der Waals surface area (Å²) in [4.78, 5) is 7.76. The molecule has 2 aromatic rings. The second-order valence-electron chi connectivity index (χ2n) is 3.68. The highest BCUT2D eigenvalue weighted by Crippen LogP contribution is 2.28. The van der Waals surface area contributed by atoms with Crippen LogP contribution in [0.25, 0.3) is 10.8 Å². The Kier molecular flexibility index (Phi) is 3.17. The lowest BCUT2D eigenvalue weighted by molar-refractivity contribution is 0.401. The van der Waals surface area contributed by atoms with Crippen LogP contribution in [0.4, 0.5) is 0 Å². The second kappa shape index (κ2) is 4.44. The fraction of sp³-hybridized carbons (Fsp3) is 0.444. The zero-order valence-corrected chi connectivity index (χ0v) is 10.9. The van der Waals surface area contributed by atoms with Gasteiger partial charge in [-0.2, -0.15) is 0 Å². The number of aryl methyl sites for hydroxylation is 1. The van der Waals surface area contributed by atoms with E-state index >= 15 is 0 Å². The van der Waals surface area contributed by atoms with E-state index < -0.39 is 0 Å². The van der Waals surface area contributed by atoms with Gasteiger partial charge >= 0.3 is 0 Å². The molecule has 0 radical (unpaired) electrons. The molecule has 0 aliphatic rings. The van der Waals surface area contributed by atoms with Crippen LogP contribution in [0.1, 0.15) is 10.7 Å². The molecule has 7 heteroatoms. The summed E-state index contributed by atoms with van der Waals surface area (Å²) in [7, 11) is 4.02. The Morgan fingerprint density at radius 2 is 2.25 bits per heavy atom. The maximum atomic E-state index is 5.27. The van der Waals surface area contributed by atoms with Crippen molar-refractivity contribution >= 4 is 23.6 Å². The van der Waals surface area contributed by atoms with E-state index in [9.17, 15) is 0 Å². The third-order valence-electron chi connectivity index (χ3n) is 1.92. The summed E-state index contributed by atoms with van der Waals surface area (Å²) in [6.45, 7) is 2.76. The van der Waals surface area contributed by atoms with Crippen molar-refractivity contribution in [2.24, 2.45) is 0 Å². The lowest BCUT2D eigenvalue weighted by Crippen LogP contribution is -2.10. The minimum Gasteiger partial charge on any atom is -0.408 e. The number of rotatable bonds is 3. The molecule has 86 valence electrons. The average molecular weight is 256 g/mol. The highest BCUT2D eigenvalue weighted by molar-refractivity contribution is 7.71. The number of nitrogens with one attached hydrogen (secondary N) is 1. The predicted molar refractivity (Wildman–Crippen MR) is 64.9 cm³/mol. The van der Waals surface area contributed by atoms with Crippen LogP contribution in [0.5, 0.6) is 0 Å². The topological polar surface area (TPSA) is 58.0 Å². The summed E-state index contributed by atoms with van der Waals surface area (Å²) >= 11 is 6.42. The van der Waals surface area contributed by atoms with Crippen LogP contribution in [-0.4, -0.2) is 34.2 Å². The number of thiazole rings is 1. The SMILES string of the molecule is Cc1nc(CN(C)C)sc1-c1n[nH]c(=S)o1. The van der Waals surface area contributed by atoms with Gasteiger partial charge < -0.3 is 9.32 Å². The number of aromatic nitrogens is 3. The minimum absolute atomic E-state index is 0.289. The lowest BCUT2D eigenvalue weighted by atomic mass is 10.4. The first-order chi connectivity index (χ1) is 7.56. The van der Waals surface area contributed by atoms with Crippen LogP contribution in [0, 0.1) is 11.8 Å². The van der Waals surface area contributed by atoms with Crippen molar-refractivity contribution in [2.75, 3.05) is 14.1 Å². The molecule has 2 rings (SSSR count). The molecule has 0 aromatic carbocycles. The predicted octanol–water partition coefficient (Wildman–Crippen LogP) is 2.23. The molecule has 0 amide bonds. The molecule has 16 heavy (non-hydrogen) atoms. The van der Waals surface area contributed by atoms with Gasteiger partial charge in [-0.25, -0.2) is 10.1 Å². The molecule has 2 aromatic heterocycles. The molecular formula is C9H12N4OS2. The maximum Gasteiger partial charge on any atom is 0.284 e. The van der Waals surface area contributed by atoms with Gasteiger partial charge in [-0.1, -0.05) is 0 Å². The summed E-state index contributed by atoms with van der Waals surface area (Å²) in [5.41, 5.74) is 0.923. The monoisotopic (exact) mass is 256 g/mol. The van der Waals surface area contributed by atoms with E-state index in [0.717, 1.165) is 22.1 Å². The highest BCUT2D eigenvalue weighted by atomic mass is 32.1. The fourth-order valence-electron chi connectivity index (χ4n) is 1.32. The van der Waals surface area contributed by atoms with Crippen LogP contribution >= 0.6 is 23.6 Å². The van der Waals surface area contributed by atoms with Gasteiger partial charge in [-0.15, -0.1) is 16.4 Å². The van der Waals surface area contributed by atoms with Gasteiger partial charge in [0.05, 0.1) is 5.69 Å². The third-order valence-corrected chi connectivity index (χ3v) is 3.23. The Balaban J connectivity index is 2.35. The number of nitrogens with zero attached hydrogens (tertiary/aromatic N) is 3.